The Hall–Kier alpha value is -3.42. The number of ketones is 1. The van der Waals surface area contributed by atoms with Gasteiger partial charge in [-0.3, -0.25) is 4.79 Å². The fraction of sp³-hybridized carbons (Fsp3) is 0.483. The lowest BCUT2D eigenvalue weighted by Gasteiger charge is -2.28. The van der Waals surface area contributed by atoms with Crippen molar-refractivity contribution in [3.8, 4) is 17.2 Å². The van der Waals surface area contributed by atoms with Gasteiger partial charge >= 0.3 is 0 Å². The number of hydrogen-bond acceptors (Lipinski definition) is 6. The smallest absolute Gasteiger partial charge is 0.197 e. The molecule has 3 aromatic rings. The number of hydrogen-bond donors (Lipinski definition) is 1. The lowest BCUT2D eigenvalue weighted by molar-refractivity contribution is 0.0973. The number of carbonyl (C=O) groups excluding carboxylic acids is 1. The van der Waals surface area contributed by atoms with Crippen LogP contribution in [0.2, 0.25) is 0 Å². The highest BCUT2D eigenvalue weighted by Crippen LogP contribution is 2.42. The molecule has 0 amide bonds. The van der Waals surface area contributed by atoms with Crippen molar-refractivity contribution in [3.63, 3.8) is 0 Å². The minimum absolute atomic E-state index is 0.0246. The lowest BCUT2D eigenvalue weighted by atomic mass is 9.84. The number of nitrogen functional groups attached to an aromatic ring is 1. The summed E-state index contributed by atoms with van der Waals surface area (Å²) in [6.07, 6.45) is 3.91. The van der Waals surface area contributed by atoms with E-state index in [1.165, 1.54) is 0 Å². The SMILES string of the molecule is CCOc1cc2cn(CC(=O)c3cc(N4CCCC4)c(OC)c(C(C)(C)C)c3)c(N)c2c(F)c1OCC. The van der Waals surface area contributed by atoms with Crippen LogP contribution in [0, 0.1) is 5.82 Å². The predicted molar refractivity (Wildman–Crippen MR) is 146 cm³/mol. The van der Waals surface area contributed by atoms with Crippen LogP contribution in [0.3, 0.4) is 0 Å². The molecule has 0 unspecified atom stereocenters. The molecule has 0 bridgehead atoms. The standard InChI is InChI=1S/C29H38FN3O4/c1-7-36-23-15-19-16-33(28(31)24(19)25(30)27(23)37-8-2)17-22(34)18-13-20(29(3,4)5)26(35-6)21(14-18)32-11-9-10-12-32/h13-16H,7-12,17,31H2,1-6H3. The molecule has 2 N–H and O–H groups in total. The Balaban J connectivity index is 1.77. The van der Waals surface area contributed by atoms with E-state index in [-0.39, 0.29) is 41.3 Å². The zero-order valence-corrected chi connectivity index (χ0v) is 22.7. The molecule has 2 aromatic carbocycles. The first kappa shape index (κ1) is 26.6. The van der Waals surface area contributed by atoms with E-state index in [0.29, 0.717) is 23.3 Å². The van der Waals surface area contributed by atoms with Crippen LogP contribution in [0.5, 0.6) is 17.2 Å². The van der Waals surface area contributed by atoms with Crippen molar-refractivity contribution in [2.75, 3.05) is 44.0 Å². The fourth-order valence-corrected chi connectivity index (χ4v) is 5.03. The van der Waals surface area contributed by atoms with Gasteiger partial charge in [-0.15, -0.1) is 0 Å². The van der Waals surface area contributed by atoms with E-state index < -0.39 is 5.82 Å². The number of nitrogens with two attached hydrogens (primary N) is 1. The van der Waals surface area contributed by atoms with E-state index in [0.717, 1.165) is 42.9 Å². The van der Waals surface area contributed by atoms with Crippen molar-refractivity contribution in [2.24, 2.45) is 0 Å². The topological polar surface area (TPSA) is 79.0 Å². The highest BCUT2D eigenvalue weighted by Gasteiger charge is 2.28. The van der Waals surface area contributed by atoms with E-state index >= 15 is 4.39 Å². The summed E-state index contributed by atoms with van der Waals surface area (Å²) in [6.45, 7) is 12.4. The average Bonchev–Trinajstić information content (AvgIpc) is 3.49. The summed E-state index contributed by atoms with van der Waals surface area (Å²) in [4.78, 5) is 15.9. The molecule has 2 heterocycles. The van der Waals surface area contributed by atoms with Crippen molar-refractivity contribution in [3.05, 3.63) is 41.3 Å². The quantitative estimate of drug-likeness (QED) is 0.358. The Morgan fingerprint density at radius 3 is 2.32 bits per heavy atom. The van der Waals surface area contributed by atoms with Gasteiger partial charge in [0.05, 0.1) is 37.9 Å². The van der Waals surface area contributed by atoms with Crippen molar-refractivity contribution in [1.29, 1.82) is 0 Å². The summed E-state index contributed by atoms with van der Waals surface area (Å²) >= 11 is 0. The molecular formula is C29H38FN3O4. The molecule has 0 spiro atoms. The summed E-state index contributed by atoms with van der Waals surface area (Å²) < 4.78 is 34.1. The number of halogens is 1. The van der Waals surface area contributed by atoms with Gasteiger partial charge in [-0.2, -0.15) is 0 Å². The van der Waals surface area contributed by atoms with Crippen LogP contribution in [-0.2, 0) is 12.0 Å². The monoisotopic (exact) mass is 511 g/mol. The number of anilines is 2. The van der Waals surface area contributed by atoms with Crippen LogP contribution in [0.1, 0.15) is 63.4 Å². The number of nitrogens with zero attached hydrogens (tertiary/aromatic N) is 2. The Bertz CT molecular complexity index is 1300. The van der Waals surface area contributed by atoms with E-state index in [1.54, 1.807) is 30.9 Å². The Morgan fingerprint density at radius 2 is 1.73 bits per heavy atom. The number of ether oxygens (including phenoxy) is 3. The van der Waals surface area contributed by atoms with Crippen LogP contribution in [0.25, 0.3) is 10.8 Å². The van der Waals surface area contributed by atoms with Gasteiger partial charge in [0.25, 0.3) is 0 Å². The first-order valence-electron chi connectivity index (χ1n) is 13.0. The Labute approximate surface area is 218 Å². The Kier molecular flexibility index (Phi) is 7.57. The summed E-state index contributed by atoms with van der Waals surface area (Å²) in [5.74, 6) is 0.643. The second-order valence-electron chi connectivity index (χ2n) is 10.4. The molecule has 1 fully saturated rings. The third-order valence-corrected chi connectivity index (χ3v) is 6.83. The highest BCUT2D eigenvalue weighted by molar-refractivity contribution is 6.00. The van der Waals surface area contributed by atoms with Crippen LogP contribution in [-0.4, -0.2) is 43.8 Å². The van der Waals surface area contributed by atoms with Gasteiger partial charge in [-0.25, -0.2) is 4.39 Å². The molecular weight excluding hydrogens is 473 g/mol. The second-order valence-corrected chi connectivity index (χ2v) is 10.4. The minimum atomic E-state index is -0.581. The average molecular weight is 512 g/mol. The van der Waals surface area contributed by atoms with Gasteiger partial charge in [-0.1, -0.05) is 20.8 Å². The van der Waals surface area contributed by atoms with Crippen LogP contribution < -0.4 is 24.8 Å². The van der Waals surface area contributed by atoms with Gasteiger partial charge in [-0.05, 0) is 50.3 Å². The van der Waals surface area contributed by atoms with Gasteiger partial charge in [0.15, 0.2) is 23.1 Å². The van der Waals surface area contributed by atoms with E-state index in [9.17, 15) is 4.79 Å². The zero-order chi connectivity index (χ0) is 26.9. The summed E-state index contributed by atoms with van der Waals surface area (Å²) in [7, 11) is 1.68. The largest absolute Gasteiger partial charge is 0.494 e. The van der Waals surface area contributed by atoms with E-state index in [2.05, 4.69) is 25.7 Å². The molecule has 200 valence electrons. The van der Waals surface area contributed by atoms with E-state index in [4.69, 9.17) is 19.9 Å². The number of methoxy groups -OCH3 is 1. The molecule has 0 radical (unpaired) electrons. The predicted octanol–water partition coefficient (Wildman–Crippen LogP) is 5.95. The van der Waals surface area contributed by atoms with Gasteiger partial charge in [0.2, 0.25) is 0 Å². The van der Waals surface area contributed by atoms with Crippen LogP contribution >= 0.6 is 0 Å². The Morgan fingerprint density at radius 1 is 1.05 bits per heavy atom. The highest BCUT2D eigenvalue weighted by atomic mass is 19.1. The number of benzene rings is 2. The normalized spacial score (nSPS) is 13.9. The molecule has 0 saturated carbocycles. The first-order chi connectivity index (χ1) is 17.6. The molecule has 7 nitrogen and oxygen atoms in total. The summed E-state index contributed by atoms with van der Waals surface area (Å²) in [5, 5.41) is 0.778. The lowest BCUT2D eigenvalue weighted by Crippen LogP contribution is -2.23. The molecule has 4 rings (SSSR count). The number of Topliss-reactive ketones (excluding diaryl/α,β-unsaturated/α-hetero) is 1. The maximum atomic E-state index is 15.5. The fourth-order valence-electron chi connectivity index (χ4n) is 5.03. The molecule has 1 aromatic heterocycles. The van der Waals surface area contributed by atoms with Crippen molar-refractivity contribution in [2.45, 2.75) is 59.4 Å². The van der Waals surface area contributed by atoms with Crippen molar-refractivity contribution < 1.29 is 23.4 Å². The maximum Gasteiger partial charge on any atom is 0.197 e. The molecule has 1 saturated heterocycles. The van der Waals surface area contributed by atoms with E-state index in [1.807, 2.05) is 19.1 Å². The number of aromatic nitrogens is 1. The zero-order valence-electron chi connectivity index (χ0n) is 22.7. The van der Waals surface area contributed by atoms with Gasteiger partial charge in [0.1, 0.15) is 11.6 Å². The molecule has 37 heavy (non-hydrogen) atoms. The van der Waals surface area contributed by atoms with Crippen molar-refractivity contribution in [1.82, 2.24) is 4.57 Å². The molecule has 8 heteroatoms. The van der Waals surface area contributed by atoms with Crippen molar-refractivity contribution >= 4 is 28.1 Å². The third kappa shape index (κ3) is 5.06. The molecule has 1 aliphatic rings. The molecule has 0 aliphatic carbocycles. The number of rotatable bonds is 9. The summed E-state index contributed by atoms with van der Waals surface area (Å²) in [5.41, 5.74) is 8.64. The molecule has 0 atom stereocenters. The molecule has 1 aliphatic heterocycles. The second kappa shape index (κ2) is 10.5. The third-order valence-electron chi connectivity index (χ3n) is 6.83. The first-order valence-corrected chi connectivity index (χ1v) is 13.0. The van der Waals surface area contributed by atoms with Gasteiger partial charge < -0.3 is 29.4 Å². The minimum Gasteiger partial charge on any atom is -0.494 e. The number of fused-ring (bicyclic) bond motifs is 1. The maximum absolute atomic E-state index is 15.5. The van der Waals surface area contributed by atoms with Crippen LogP contribution in [0.15, 0.2) is 24.4 Å². The van der Waals surface area contributed by atoms with Gasteiger partial charge in [0, 0.05) is 35.8 Å². The summed E-state index contributed by atoms with van der Waals surface area (Å²) in [6, 6.07) is 5.55. The number of carbonyl (C=O) groups is 1. The van der Waals surface area contributed by atoms with Crippen LogP contribution in [0.4, 0.5) is 15.9 Å².